The highest BCUT2D eigenvalue weighted by Gasteiger charge is 2.35. The average Bonchev–Trinajstić information content (AvgIpc) is 3.31. The summed E-state index contributed by atoms with van der Waals surface area (Å²) in [6, 6.07) is 13.8. The highest BCUT2D eigenvalue weighted by atomic mass is 32.2. The normalized spacial score (nSPS) is 15.7. The Labute approximate surface area is 227 Å². The number of thioether (sulfide) groups is 3. The lowest BCUT2D eigenvalue weighted by Crippen LogP contribution is -2.39. The Balaban J connectivity index is 2.03. The molecule has 35 heavy (non-hydrogen) atoms. The molecular formula is C29H45N3S3. The predicted molar refractivity (Wildman–Crippen MR) is 163 cm³/mol. The molecule has 0 bridgehead atoms. The van der Waals surface area contributed by atoms with Crippen molar-refractivity contribution in [1.82, 2.24) is 0 Å². The van der Waals surface area contributed by atoms with Gasteiger partial charge in [0.05, 0.1) is 17.1 Å². The van der Waals surface area contributed by atoms with E-state index in [1.165, 1.54) is 62.5 Å². The summed E-state index contributed by atoms with van der Waals surface area (Å²) in [6.07, 6.45) is 6.20. The van der Waals surface area contributed by atoms with Gasteiger partial charge in [-0.2, -0.15) is 0 Å². The van der Waals surface area contributed by atoms with Crippen LogP contribution in [0.2, 0.25) is 0 Å². The lowest BCUT2D eigenvalue weighted by atomic mass is 10.2. The van der Waals surface area contributed by atoms with Gasteiger partial charge in [0, 0.05) is 34.3 Å². The molecule has 0 saturated carbocycles. The summed E-state index contributed by atoms with van der Waals surface area (Å²) in [7, 11) is 0. The molecule has 194 valence electrons. The van der Waals surface area contributed by atoms with Crippen LogP contribution < -0.4 is 15.1 Å². The molecule has 3 nitrogen and oxygen atoms in total. The number of anilines is 3. The van der Waals surface area contributed by atoms with Crippen LogP contribution in [0.3, 0.4) is 0 Å². The van der Waals surface area contributed by atoms with Crippen molar-refractivity contribution in [3.63, 3.8) is 0 Å². The van der Waals surface area contributed by atoms with Gasteiger partial charge in [0.1, 0.15) is 6.17 Å². The fourth-order valence-corrected chi connectivity index (χ4v) is 7.59. The maximum absolute atomic E-state index is 3.75. The van der Waals surface area contributed by atoms with Crippen LogP contribution in [0.4, 0.5) is 17.1 Å². The molecule has 0 aromatic heterocycles. The van der Waals surface area contributed by atoms with Gasteiger partial charge in [-0.15, -0.1) is 35.3 Å². The van der Waals surface area contributed by atoms with E-state index >= 15 is 0 Å². The zero-order valence-corrected chi connectivity index (χ0v) is 24.9. The van der Waals surface area contributed by atoms with E-state index in [1.54, 1.807) is 0 Å². The molecule has 0 radical (unpaired) electrons. The van der Waals surface area contributed by atoms with Crippen LogP contribution in [0.5, 0.6) is 0 Å². The average molecular weight is 532 g/mol. The maximum atomic E-state index is 3.75. The highest BCUT2D eigenvalue weighted by Crippen LogP contribution is 2.45. The molecule has 0 spiro atoms. The standard InChI is InChI=1S/C29H45N3S3/c1-6-17-30-23-13-11-14-24(33-20-7-2)28(23)31-18-19-32(27(31)10-5)29-25(34-21-8-3)15-12-16-26(29)35-22-9-4/h11-16,27,30H,6-10,17-22H2,1-5H3. The molecule has 0 aliphatic carbocycles. The Morgan fingerprint density at radius 2 is 1.17 bits per heavy atom. The van der Waals surface area contributed by atoms with Crippen LogP contribution in [0.25, 0.3) is 0 Å². The minimum atomic E-state index is 0.366. The summed E-state index contributed by atoms with van der Waals surface area (Å²) in [6.45, 7) is 14.6. The van der Waals surface area contributed by atoms with Crippen molar-refractivity contribution in [2.75, 3.05) is 52.0 Å². The Kier molecular flexibility index (Phi) is 12.4. The second-order valence-corrected chi connectivity index (χ2v) is 12.4. The number of nitrogens with one attached hydrogen (secondary N) is 1. The van der Waals surface area contributed by atoms with Gasteiger partial charge in [0.25, 0.3) is 0 Å². The van der Waals surface area contributed by atoms with E-state index in [1.807, 2.05) is 35.3 Å². The molecule has 3 rings (SSSR count). The molecule has 1 aliphatic rings. The molecule has 6 heteroatoms. The Hall–Kier alpha value is -1.11. The van der Waals surface area contributed by atoms with Crippen molar-refractivity contribution in [3.8, 4) is 0 Å². The van der Waals surface area contributed by atoms with Crippen LogP contribution in [-0.2, 0) is 0 Å². The highest BCUT2D eigenvalue weighted by molar-refractivity contribution is 8.00. The molecule has 0 amide bonds. The molecule has 1 atom stereocenters. The quantitative estimate of drug-likeness (QED) is 0.229. The topological polar surface area (TPSA) is 18.5 Å². The van der Waals surface area contributed by atoms with E-state index < -0.39 is 0 Å². The van der Waals surface area contributed by atoms with Crippen LogP contribution in [0.15, 0.2) is 51.1 Å². The zero-order chi connectivity index (χ0) is 25.0. The summed E-state index contributed by atoms with van der Waals surface area (Å²) in [4.78, 5) is 9.74. The monoisotopic (exact) mass is 531 g/mol. The minimum absolute atomic E-state index is 0.366. The summed E-state index contributed by atoms with van der Waals surface area (Å²) < 4.78 is 0. The van der Waals surface area contributed by atoms with Gasteiger partial charge in [-0.3, -0.25) is 0 Å². The van der Waals surface area contributed by atoms with Crippen molar-refractivity contribution in [3.05, 3.63) is 36.4 Å². The molecule has 1 heterocycles. The number of rotatable bonds is 15. The van der Waals surface area contributed by atoms with Crippen molar-refractivity contribution in [2.45, 2.75) is 87.6 Å². The molecule has 1 aliphatic heterocycles. The molecule has 1 fully saturated rings. The van der Waals surface area contributed by atoms with Gasteiger partial charge in [0.15, 0.2) is 0 Å². The van der Waals surface area contributed by atoms with Crippen molar-refractivity contribution < 1.29 is 0 Å². The smallest absolute Gasteiger partial charge is 0.102 e. The van der Waals surface area contributed by atoms with Gasteiger partial charge < -0.3 is 15.1 Å². The van der Waals surface area contributed by atoms with Gasteiger partial charge >= 0.3 is 0 Å². The van der Waals surface area contributed by atoms with E-state index in [9.17, 15) is 0 Å². The molecule has 1 saturated heterocycles. The molecule has 2 aromatic carbocycles. The van der Waals surface area contributed by atoms with E-state index in [0.717, 1.165) is 38.2 Å². The van der Waals surface area contributed by atoms with Crippen LogP contribution in [0, 0.1) is 0 Å². The third kappa shape index (κ3) is 7.23. The fraction of sp³-hybridized carbons (Fsp3) is 0.586. The van der Waals surface area contributed by atoms with Crippen LogP contribution in [-0.4, -0.2) is 43.1 Å². The Bertz CT molecular complexity index is 781. The van der Waals surface area contributed by atoms with Gasteiger partial charge in [0.2, 0.25) is 0 Å². The first-order valence-electron chi connectivity index (χ1n) is 13.6. The van der Waals surface area contributed by atoms with Crippen LogP contribution in [0.1, 0.15) is 66.7 Å². The predicted octanol–water partition coefficient (Wildman–Crippen LogP) is 9.08. The third-order valence-corrected chi connectivity index (χ3v) is 9.91. The maximum Gasteiger partial charge on any atom is 0.102 e. The first-order valence-corrected chi connectivity index (χ1v) is 16.6. The van der Waals surface area contributed by atoms with Crippen molar-refractivity contribution in [1.29, 1.82) is 0 Å². The zero-order valence-electron chi connectivity index (χ0n) is 22.4. The summed E-state index contributed by atoms with van der Waals surface area (Å²) in [5.74, 6) is 3.50. The first kappa shape index (κ1) is 28.5. The van der Waals surface area contributed by atoms with E-state index in [4.69, 9.17) is 0 Å². The number of hydrogen-bond acceptors (Lipinski definition) is 6. The number of para-hydroxylation sites is 2. The summed E-state index contributed by atoms with van der Waals surface area (Å²) >= 11 is 6.07. The van der Waals surface area contributed by atoms with Gasteiger partial charge in [-0.25, -0.2) is 0 Å². The molecule has 1 unspecified atom stereocenters. The fourth-order valence-electron chi connectivity index (χ4n) is 4.64. The van der Waals surface area contributed by atoms with Crippen molar-refractivity contribution >= 4 is 52.3 Å². The minimum Gasteiger partial charge on any atom is -0.383 e. The largest absolute Gasteiger partial charge is 0.383 e. The number of nitrogens with zero attached hydrogens (tertiary/aromatic N) is 2. The molecule has 2 aromatic rings. The van der Waals surface area contributed by atoms with Crippen molar-refractivity contribution in [2.24, 2.45) is 0 Å². The number of hydrogen-bond donors (Lipinski definition) is 1. The van der Waals surface area contributed by atoms with Crippen LogP contribution >= 0.6 is 35.3 Å². The second-order valence-electron chi connectivity index (χ2n) is 9.00. The third-order valence-electron chi connectivity index (χ3n) is 6.15. The number of benzene rings is 2. The van der Waals surface area contributed by atoms with Gasteiger partial charge in [-0.05, 0) is 73.6 Å². The van der Waals surface area contributed by atoms with E-state index in [0.29, 0.717) is 6.17 Å². The first-order chi connectivity index (χ1) is 17.2. The SMILES string of the molecule is CCCNc1cccc(SCCC)c1N1CCN(c2c(SCCC)cccc2SCCC)C1CC. The lowest BCUT2D eigenvalue weighted by Gasteiger charge is -2.36. The summed E-state index contributed by atoms with van der Waals surface area (Å²) in [5, 5.41) is 3.75. The van der Waals surface area contributed by atoms with E-state index in [2.05, 4.69) is 86.1 Å². The Morgan fingerprint density at radius 3 is 1.66 bits per heavy atom. The second kappa shape index (κ2) is 15.2. The van der Waals surface area contributed by atoms with E-state index in [-0.39, 0.29) is 0 Å². The van der Waals surface area contributed by atoms with Gasteiger partial charge in [-0.1, -0.05) is 46.8 Å². The molecule has 1 N–H and O–H groups in total. The Morgan fingerprint density at radius 1 is 0.686 bits per heavy atom. The summed E-state index contributed by atoms with van der Waals surface area (Å²) in [5.41, 5.74) is 4.18. The molecular weight excluding hydrogens is 487 g/mol. The lowest BCUT2D eigenvalue weighted by molar-refractivity contribution is 0.637.